The third-order valence-electron chi connectivity index (χ3n) is 5.64. The molecule has 0 saturated carbocycles. The standard InChI is InChI=1S/C25H22ClN3O2S/c1-17-7-8-19(15-21(17)26)28-11-13-29(14-12-28)25-27-24(30)23(32-25)16-20-9-10-22(31-20)18-5-3-2-4-6-18/h2-10,15-16H,11-14H2,1H3. The van der Waals surface area contributed by atoms with Crippen LogP contribution in [0.1, 0.15) is 11.3 Å². The zero-order chi connectivity index (χ0) is 22.1. The van der Waals surface area contributed by atoms with Gasteiger partial charge in [-0.1, -0.05) is 48.0 Å². The molecule has 0 N–H and O–H groups in total. The van der Waals surface area contributed by atoms with Gasteiger partial charge in [0.25, 0.3) is 5.91 Å². The van der Waals surface area contributed by atoms with Crippen molar-refractivity contribution in [3.63, 3.8) is 0 Å². The molecule has 0 aliphatic carbocycles. The number of halogens is 1. The lowest BCUT2D eigenvalue weighted by atomic mass is 10.2. The minimum absolute atomic E-state index is 0.213. The number of carbonyl (C=O) groups is 1. The number of aliphatic imine (C=N–C) groups is 1. The third-order valence-corrected chi connectivity index (χ3v) is 7.09. The normalized spacial score (nSPS) is 17.9. The first kappa shape index (κ1) is 20.9. The molecule has 162 valence electrons. The Hall–Kier alpha value is -2.96. The van der Waals surface area contributed by atoms with Crippen molar-refractivity contribution < 1.29 is 9.21 Å². The van der Waals surface area contributed by atoms with Gasteiger partial charge in [0, 0.05) is 48.5 Å². The Kier molecular flexibility index (Phi) is 5.81. The van der Waals surface area contributed by atoms with Gasteiger partial charge in [-0.15, -0.1) is 0 Å². The molecule has 0 atom stereocenters. The second-order valence-corrected chi connectivity index (χ2v) is 9.20. The fourth-order valence-electron chi connectivity index (χ4n) is 3.78. The van der Waals surface area contributed by atoms with Crippen LogP contribution in [0.3, 0.4) is 0 Å². The molecule has 3 aromatic rings. The van der Waals surface area contributed by atoms with Gasteiger partial charge in [-0.25, -0.2) is 0 Å². The van der Waals surface area contributed by atoms with E-state index in [2.05, 4.69) is 26.9 Å². The minimum atomic E-state index is -0.213. The second kappa shape index (κ2) is 8.88. The number of rotatable bonds is 3. The van der Waals surface area contributed by atoms with Gasteiger partial charge < -0.3 is 14.2 Å². The van der Waals surface area contributed by atoms with E-state index in [1.807, 2.05) is 55.5 Å². The van der Waals surface area contributed by atoms with Crippen molar-refractivity contribution in [3.8, 4) is 11.3 Å². The molecule has 3 heterocycles. The van der Waals surface area contributed by atoms with Gasteiger partial charge in [-0.3, -0.25) is 4.79 Å². The van der Waals surface area contributed by atoms with E-state index in [4.69, 9.17) is 16.0 Å². The summed E-state index contributed by atoms with van der Waals surface area (Å²) in [5.74, 6) is 1.22. The number of anilines is 1. The minimum Gasteiger partial charge on any atom is -0.457 e. The summed E-state index contributed by atoms with van der Waals surface area (Å²) < 4.78 is 5.92. The molecule has 2 aromatic carbocycles. The molecule has 0 spiro atoms. The molecule has 0 unspecified atom stereocenters. The van der Waals surface area contributed by atoms with Crippen LogP contribution in [-0.2, 0) is 4.79 Å². The Morgan fingerprint density at radius 2 is 1.75 bits per heavy atom. The van der Waals surface area contributed by atoms with Crippen LogP contribution in [0.25, 0.3) is 17.4 Å². The summed E-state index contributed by atoms with van der Waals surface area (Å²) in [6.45, 7) is 5.32. The Morgan fingerprint density at radius 1 is 1.00 bits per heavy atom. The van der Waals surface area contributed by atoms with Crippen molar-refractivity contribution >= 4 is 46.2 Å². The summed E-state index contributed by atoms with van der Waals surface area (Å²) in [5, 5.41) is 1.55. The molecule has 0 radical (unpaired) electrons. The van der Waals surface area contributed by atoms with Crippen LogP contribution in [0.15, 0.2) is 75.0 Å². The maximum Gasteiger partial charge on any atom is 0.286 e. The maximum absolute atomic E-state index is 12.5. The van der Waals surface area contributed by atoms with E-state index in [1.165, 1.54) is 11.8 Å². The highest BCUT2D eigenvalue weighted by molar-refractivity contribution is 8.18. The summed E-state index contributed by atoms with van der Waals surface area (Å²) in [6, 6.07) is 19.9. The Balaban J connectivity index is 1.23. The predicted molar refractivity (Wildman–Crippen MR) is 132 cm³/mol. The van der Waals surface area contributed by atoms with Gasteiger partial charge in [0.05, 0.1) is 4.91 Å². The molecule has 0 bridgehead atoms. The molecule has 32 heavy (non-hydrogen) atoms. The molecule has 5 rings (SSSR count). The number of piperazine rings is 1. The predicted octanol–water partition coefficient (Wildman–Crippen LogP) is 5.70. The first-order valence-corrected chi connectivity index (χ1v) is 11.7. The Bertz CT molecular complexity index is 1210. The average Bonchev–Trinajstić information content (AvgIpc) is 3.43. The van der Waals surface area contributed by atoms with Gasteiger partial charge in [-0.2, -0.15) is 4.99 Å². The second-order valence-electron chi connectivity index (χ2n) is 7.79. The number of hydrogen-bond acceptors (Lipinski definition) is 5. The van der Waals surface area contributed by atoms with Crippen molar-refractivity contribution in [2.75, 3.05) is 31.1 Å². The summed E-state index contributed by atoms with van der Waals surface area (Å²) in [5.41, 5.74) is 3.22. The Morgan fingerprint density at radius 3 is 2.50 bits per heavy atom. The number of hydrogen-bond donors (Lipinski definition) is 0. The lowest BCUT2D eigenvalue weighted by Crippen LogP contribution is -2.47. The average molecular weight is 464 g/mol. The highest BCUT2D eigenvalue weighted by atomic mass is 35.5. The van der Waals surface area contributed by atoms with Crippen molar-refractivity contribution in [3.05, 3.63) is 81.9 Å². The van der Waals surface area contributed by atoms with Crippen LogP contribution in [-0.4, -0.2) is 42.2 Å². The van der Waals surface area contributed by atoms with Crippen LogP contribution in [0.5, 0.6) is 0 Å². The summed E-state index contributed by atoms with van der Waals surface area (Å²) in [7, 11) is 0. The number of aryl methyl sites for hydroxylation is 1. The van der Waals surface area contributed by atoms with Gasteiger partial charge in [0.2, 0.25) is 0 Å². The number of nitrogens with zero attached hydrogens (tertiary/aromatic N) is 3. The number of thioether (sulfide) groups is 1. The molecule has 1 fully saturated rings. The smallest absolute Gasteiger partial charge is 0.286 e. The summed E-state index contributed by atoms with van der Waals surface area (Å²) in [4.78, 5) is 21.9. The van der Waals surface area contributed by atoms with E-state index < -0.39 is 0 Å². The van der Waals surface area contributed by atoms with E-state index >= 15 is 0 Å². The fraction of sp³-hybridized carbons (Fsp3) is 0.200. The number of amides is 1. The van der Waals surface area contributed by atoms with Crippen molar-refractivity contribution in [2.24, 2.45) is 4.99 Å². The quantitative estimate of drug-likeness (QED) is 0.466. The van der Waals surface area contributed by atoms with Gasteiger partial charge in [-0.05, 0) is 48.5 Å². The third kappa shape index (κ3) is 4.33. The number of furan rings is 1. The number of benzene rings is 2. The molecule has 7 heteroatoms. The van der Waals surface area contributed by atoms with Crippen LogP contribution < -0.4 is 4.90 Å². The molecular formula is C25H22ClN3O2S. The summed E-state index contributed by atoms with van der Waals surface area (Å²) >= 11 is 7.70. The topological polar surface area (TPSA) is 49.0 Å². The van der Waals surface area contributed by atoms with Crippen LogP contribution in [0, 0.1) is 6.92 Å². The van der Waals surface area contributed by atoms with E-state index in [1.54, 1.807) is 6.08 Å². The maximum atomic E-state index is 12.5. The first-order valence-electron chi connectivity index (χ1n) is 10.5. The van der Waals surface area contributed by atoms with Gasteiger partial charge >= 0.3 is 0 Å². The van der Waals surface area contributed by atoms with E-state index in [9.17, 15) is 4.79 Å². The van der Waals surface area contributed by atoms with Crippen LogP contribution >= 0.6 is 23.4 Å². The number of carbonyl (C=O) groups excluding carboxylic acids is 1. The molecule has 5 nitrogen and oxygen atoms in total. The van der Waals surface area contributed by atoms with E-state index in [-0.39, 0.29) is 5.91 Å². The molecule has 2 aliphatic heterocycles. The zero-order valence-corrected chi connectivity index (χ0v) is 19.2. The molecule has 2 aliphatic rings. The largest absolute Gasteiger partial charge is 0.457 e. The zero-order valence-electron chi connectivity index (χ0n) is 17.6. The monoisotopic (exact) mass is 463 g/mol. The van der Waals surface area contributed by atoms with Gasteiger partial charge in [0.1, 0.15) is 11.5 Å². The molecule has 1 saturated heterocycles. The molecule has 1 aromatic heterocycles. The highest BCUT2D eigenvalue weighted by Crippen LogP contribution is 2.32. The van der Waals surface area contributed by atoms with Crippen LogP contribution in [0.2, 0.25) is 5.02 Å². The molecular weight excluding hydrogens is 442 g/mol. The lowest BCUT2D eigenvalue weighted by molar-refractivity contribution is -0.113. The van der Waals surface area contributed by atoms with Crippen LogP contribution in [0.4, 0.5) is 5.69 Å². The fourth-order valence-corrected chi connectivity index (χ4v) is 4.90. The highest BCUT2D eigenvalue weighted by Gasteiger charge is 2.29. The Labute approximate surface area is 196 Å². The van der Waals surface area contributed by atoms with Crippen molar-refractivity contribution in [1.29, 1.82) is 0 Å². The number of amidine groups is 1. The van der Waals surface area contributed by atoms with Crippen molar-refractivity contribution in [1.82, 2.24) is 4.90 Å². The SMILES string of the molecule is Cc1ccc(N2CCN(C3=NC(=O)C(=Cc4ccc(-c5ccccc5)o4)S3)CC2)cc1Cl. The molecule has 1 amide bonds. The summed E-state index contributed by atoms with van der Waals surface area (Å²) in [6.07, 6.45) is 1.78. The van der Waals surface area contributed by atoms with Gasteiger partial charge in [0.15, 0.2) is 5.17 Å². The van der Waals surface area contributed by atoms with Crippen molar-refractivity contribution in [2.45, 2.75) is 6.92 Å². The lowest BCUT2D eigenvalue weighted by Gasteiger charge is -2.36. The van der Waals surface area contributed by atoms with E-state index in [0.29, 0.717) is 10.7 Å². The van der Waals surface area contributed by atoms with E-state index in [0.717, 1.165) is 58.9 Å². The first-order chi connectivity index (χ1) is 15.6.